The van der Waals surface area contributed by atoms with Gasteiger partial charge >= 0.3 is 11.6 Å². The molecular formula is C14H14O5. The van der Waals surface area contributed by atoms with Crippen LogP contribution in [0.3, 0.4) is 0 Å². The SMILES string of the molecule is CCOc1ccc2oc(=O)cc(OC(=O)CC)c2c1. The van der Waals surface area contributed by atoms with Crippen molar-refractivity contribution in [3.8, 4) is 11.5 Å². The first-order chi connectivity index (χ1) is 9.13. The number of esters is 1. The van der Waals surface area contributed by atoms with Crippen molar-refractivity contribution in [2.75, 3.05) is 6.61 Å². The fourth-order valence-electron chi connectivity index (χ4n) is 1.65. The van der Waals surface area contributed by atoms with Crippen LogP contribution in [0.25, 0.3) is 11.0 Å². The molecule has 0 aliphatic heterocycles. The molecule has 0 bridgehead atoms. The van der Waals surface area contributed by atoms with E-state index in [1.165, 1.54) is 0 Å². The Labute approximate surface area is 109 Å². The quantitative estimate of drug-likeness (QED) is 0.625. The molecule has 0 saturated carbocycles. The summed E-state index contributed by atoms with van der Waals surface area (Å²) < 4.78 is 15.6. The largest absolute Gasteiger partial charge is 0.494 e. The zero-order valence-corrected chi connectivity index (χ0v) is 10.8. The van der Waals surface area contributed by atoms with Crippen molar-refractivity contribution in [3.05, 3.63) is 34.7 Å². The van der Waals surface area contributed by atoms with Gasteiger partial charge < -0.3 is 13.9 Å². The molecule has 0 amide bonds. The van der Waals surface area contributed by atoms with Crippen LogP contribution >= 0.6 is 0 Å². The number of fused-ring (bicyclic) bond motifs is 1. The van der Waals surface area contributed by atoms with Crippen LogP contribution in [-0.4, -0.2) is 12.6 Å². The van der Waals surface area contributed by atoms with E-state index in [4.69, 9.17) is 13.9 Å². The highest BCUT2D eigenvalue weighted by atomic mass is 16.5. The maximum atomic E-state index is 11.4. The minimum atomic E-state index is -0.560. The van der Waals surface area contributed by atoms with E-state index < -0.39 is 11.6 Å². The van der Waals surface area contributed by atoms with Crippen LogP contribution in [0.4, 0.5) is 0 Å². The summed E-state index contributed by atoms with van der Waals surface area (Å²) in [6.45, 7) is 4.07. The number of hydrogen-bond donors (Lipinski definition) is 0. The Morgan fingerprint density at radius 2 is 2.05 bits per heavy atom. The first kappa shape index (κ1) is 13.1. The fourth-order valence-corrected chi connectivity index (χ4v) is 1.65. The van der Waals surface area contributed by atoms with Crippen molar-refractivity contribution >= 4 is 16.9 Å². The van der Waals surface area contributed by atoms with Gasteiger partial charge in [0.25, 0.3) is 0 Å². The summed E-state index contributed by atoms with van der Waals surface area (Å²) in [7, 11) is 0. The van der Waals surface area contributed by atoms with E-state index in [0.717, 1.165) is 6.07 Å². The van der Waals surface area contributed by atoms with Gasteiger partial charge in [-0.25, -0.2) is 4.79 Å². The van der Waals surface area contributed by atoms with Gasteiger partial charge in [-0.15, -0.1) is 0 Å². The summed E-state index contributed by atoms with van der Waals surface area (Å²) in [6.07, 6.45) is 0.229. The van der Waals surface area contributed by atoms with Crippen LogP contribution in [-0.2, 0) is 4.79 Å². The maximum Gasteiger partial charge on any atom is 0.339 e. The molecule has 0 aliphatic carbocycles. The summed E-state index contributed by atoms with van der Waals surface area (Å²) in [6, 6.07) is 6.15. The molecule has 100 valence electrons. The zero-order chi connectivity index (χ0) is 13.8. The second-order valence-corrected chi connectivity index (χ2v) is 3.85. The molecular weight excluding hydrogens is 248 g/mol. The number of rotatable bonds is 4. The first-order valence-electron chi connectivity index (χ1n) is 6.05. The molecule has 0 aliphatic rings. The monoisotopic (exact) mass is 262 g/mol. The van der Waals surface area contributed by atoms with Crippen molar-refractivity contribution in [1.82, 2.24) is 0 Å². The lowest BCUT2D eigenvalue weighted by molar-refractivity contribution is -0.133. The average molecular weight is 262 g/mol. The summed E-state index contributed by atoms with van der Waals surface area (Å²) in [5.41, 5.74) is -0.203. The summed E-state index contributed by atoms with van der Waals surface area (Å²) >= 11 is 0. The second kappa shape index (κ2) is 5.56. The van der Waals surface area contributed by atoms with Gasteiger partial charge in [0.1, 0.15) is 17.1 Å². The van der Waals surface area contributed by atoms with Crippen LogP contribution < -0.4 is 15.1 Å². The van der Waals surface area contributed by atoms with Gasteiger partial charge in [0, 0.05) is 6.42 Å². The van der Waals surface area contributed by atoms with E-state index in [1.54, 1.807) is 25.1 Å². The standard InChI is InChI=1S/C14H14O5/c1-3-13(15)19-12-8-14(16)18-11-6-5-9(17-4-2)7-10(11)12/h5-8H,3-4H2,1-2H3. The van der Waals surface area contributed by atoms with Gasteiger partial charge in [-0.05, 0) is 25.1 Å². The Kier molecular flexibility index (Phi) is 3.85. The van der Waals surface area contributed by atoms with Gasteiger partial charge in [-0.3, -0.25) is 4.79 Å². The Balaban J connectivity index is 2.55. The lowest BCUT2D eigenvalue weighted by Gasteiger charge is -2.08. The molecule has 0 radical (unpaired) electrons. The average Bonchev–Trinajstić information content (AvgIpc) is 2.39. The lowest BCUT2D eigenvalue weighted by Crippen LogP contribution is -2.08. The molecule has 1 heterocycles. The summed E-state index contributed by atoms with van der Waals surface area (Å²) in [4.78, 5) is 22.8. The first-order valence-corrected chi connectivity index (χ1v) is 6.05. The third-order valence-electron chi connectivity index (χ3n) is 2.50. The predicted molar refractivity (Wildman–Crippen MR) is 69.6 cm³/mol. The highest BCUT2D eigenvalue weighted by Gasteiger charge is 2.11. The molecule has 19 heavy (non-hydrogen) atoms. The number of hydrogen-bond acceptors (Lipinski definition) is 5. The van der Waals surface area contributed by atoms with Gasteiger partial charge in [0.05, 0.1) is 18.1 Å². The van der Waals surface area contributed by atoms with Crippen molar-refractivity contribution in [2.45, 2.75) is 20.3 Å². The Hall–Kier alpha value is -2.30. The van der Waals surface area contributed by atoms with Crippen LogP contribution in [0.5, 0.6) is 11.5 Å². The molecule has 0 spiro atoms. The molecule has 0 atom stereocenters. The van der Waals surface area contributed by atoms with Crippen LogP contribution in [0, 0.1) is 0 Å². The van der Waals surface area contributed by atoms with E-state index in [2.05, 4.69) is 0 Å². The molecule has 0 fully saturated rings. The number of carbonyl (C=O) groups is 1. The van der Waals surface area contributed by atoms with Gasteiger partial charge in [-0.2, -0.15) is 0 Å². The van der Waals surface area contributed by atoms with Gasteiger partial charge in [0.2, 0.25) is 0 Å². The molecule has 2 rings (SSSR count). The van der Waals surface area contributed by atoms with Gasteiger partial charge in [-0.1, -0.05) is 6.92 Å². The van der Waals surface area contributed by atoms with Crippen LogP contribution in [0.1, 0.15) is 20.3 Å². The number of ether oxygens (including phenoxy) is 2. The predicted octanol–water partition coefficient (Wildman–Crippen LogP) is 2.51. The molecule has 0 saturated heterocycles. The van der Waals surface area contributed by atoms with E-state index >= 15 is 0 Å². The number of carbonyl (C=O) groups excluding carboxylic acids is 1. The molecule has 5 heteroatoms. The molecule has 0 unspecified atom stereocenters. The number of benzene rings is 1. The van der Waals surface area contributed by atoms with E-state index in [1.807, 2.05) is 6.92 Å². The normalized spacial score (nSPS) is 10.4. The molecule has 1 aromatic carbocycles. The van der Waals surface area contributed by atoms with Crippen LogP contribution in [0.2, 0.25) is 0 Å². The van der Waals surface area contributed by atoms with Crippen molar-refractivity contribution in [1.29, 1.82) is 0 Å². The Morgan fingerprint density at radius 3 is 2.74 bits per heavy atom. The lowest BCUT2D eigenvalue weighted by atomic mass is 10.2. The van der Waals surface area contributed by atoms with E-state index in [9.17, 15) is 9.59 Å². The smallest absolute Gasteiger partial charge is 0.339 e. The van der Waals surface area contributed by atoms with Crippen molar-refractivity contribution < 1.29 is 18.7 Å². The highest BCUT2D eigenvalue weighted by molar-refractivity contribution is 5.87. The zero-order valence-electron chi connectivity index (χ0n) is 10.8. The summed E-state index contributed by atoms with van der Waals surface area (Å²) in [5.74, 6) is 0.408. The summed E-state index contributed by atoms with van der Waals surface area (Å²) in [5, 5.41) is 0.535. The Morgan fingerprint density at radius 1 is 1.26 bits per heavy atom. The molecule has 2 aromatic rings. The van der Waals surface area contributed by atoms with E-state index in [-0.39, 0.29) is 12.2 Å². The van der Waals surface area contributed by atoms with E-state index in [0.29, 0.717) is 23.3 Å². The van der Waals surface area contributed by atoms with Crippen molar-refractivity contribution in [2.24, 2.45) is 0 Å². The minimum absolute atomic E-state index is 0.194. The second-order valence-electron chi connectivity index (χ2n) is 3.85. The molecule has 5 nitrogen and oxygen atoms in total. The third-order valence-corrected chi connectivity index (χ3v) is 2.50. The third kappa shape index (κ3) is 2.93. The Bertz CT molecular complexity index is 656. The van der Waals surface area contributed by atoms with Gasteiger partial charge in [0.15, 0.2) is 0 Å². The fraction of sp³-hybridized carbons (Fsp3) is 0.286. The topological polar surface area (TPSA) is 65.7 Å². The molecule has 0 N–H and O–H groups in total. The highest BCUT2D eigenvalue weighted by Crippen LogP contribution is 2.28. The van der Waals surface area contributed by atoms with Crippen LogP contribution in [0.15, 0.2) is 33.5 Å². The molecule has 1 aromatic heterocycles. The minimum Gasteiger partial charge on any atom is -0.494 e. The van der Waals surface area contributed by atoms with Crippen molar-refractivity contribution in [3.63, 3.8) is 0 Å². The maximum absolute atomic E-state index is 11.4.